The minimum absolute atomic E-state index is 0.0425. The number of amides is 1. The van der Waals surface area contributed by atoms with Crippen molar-refractivity contribution in [2.75, 3.05) is 19.0 Å². The smallest absolute Gasteiger partial charge is 0.270 e. The van der Waals surface area contributed by atoms with Crippen LogP contribution in [-0.2, 0) is 16.1 Å². The van der Waals surface area contributed by atoms with E-state index in [1.165, 1.54) is 18.1 Å². The molecule has 0 saturated carbocycles. The molecular formula is C23H28F2N6O2. The number of aliphatic imine (C=N–C) groups is 1. The Hall–Kier alpha value is -3.40. The van der Waals surface area contributed by atoms with E-state index in [1.807, 2.05) is 20.8 Å². The van der Waals surface area contributed by atoms with Crippen LogP contribution in [0.25, 0.3) is 0 Å². The molecule has 8 nitrogen and oxygen atoms in total. The number of hydrogen-bond acceptors (Lipinski definition) is 7. The highest BCUT2D eigenvalue weighted by atomic mass is 19.2. The van der Waals surface area contributed by atoms with Crippen molar-refractivity contribution in [1.82, 2.24) is 14.9 Å². The molecule has 33 heavy (non-hydrogen) atoms. The molecule has 176 valence electrons. The van der Waals surface area contributed by atoms with Crippen LogP contribution < -0.4 is 11.1 Å². The molecule has 0 radical (unpaired) electrons. The first-order valence-electron chi connectivity index (χ1n) is 10.6. The maximum absolute atomic E-state index is 13.6. The van der Waals surface area contributed by atoms with Crippen LogP contribution in [0, 0.1) is 18.6 Å². The molecule has 3 N–H and O–H groups in total. The van der Waals surface area contributed by atoms with Gasteiger partial charge in [0, 0.05) is 43.2 Å². The minimum Gasteiger partial charge on any atom is -0.394 e. The molecule has 0 bridgehead atoms. The lowest BCUT2D eigenvalue weighted by Gasteiger charge is -2.36. The number of carbonyl (C=O) groups is 1. The summed E-state index contributed by atoms with van der Waals surface area (Å²) in [5.74, 6) is -1.41. The first-order chi connectivity index (χ1) is 15.7. The second kappa shape index (κ2) is 10.5. The lowest BCUT2D eigenvalue weighted by molar-refractivity contribution is -0.132. The van der Waals surface area contributed by atoms with E-state index in [-0.39, 0.29) is 30.9 Å². The standard InChI is InChI=1S/C23H28F2N6O2/c1-13(2)29-23-28-9-14(3)21(30-23)27-10-16-8-17(12-33-4)31(22(32)20(16)26)11-15-5-6-18(24)19(25)7-15/h5-7,9-10,13,17H,8,11-12,26H2,1-4H3,(H,28,29,30)/t17-/m1/s1. The van der Waals surface area contributed by atoms with E-state index in [1.54, 1.807) is 12.4 Å². The Morgan fingerprint density at radius 2 is 2.12 bits per heavy atom. The molecule has 1 aromatic carbocycles. The number of anilines is 1. The zero-order chi connectivity index (χ0) is 24.1. The Morgan fingerprint density at radius 3 is 2.79 bits per heavy atom. The molecule has 0 saturated heterocycles. The third-order valence-corrected chi connectivity index (χ3v) is 5.13. The number of nitrogens with zero attached hydrogens (tertiary/aromatic N) is 4. The van der Waals surface area contributed by atoms with Crippen molar-refractivity contribution in [3.8, 4) is 0 Å². The number of nitrogens with one attached hydrogen (secondary N) is 1. The third kappa shape index (κ3) is 5.89. The van der Waals surface area contributed by atoms with E-state index in [9.17, 15) is 13.6 Å². The van der Waals surface area contributed by atoms with Crippen molar-refractivity contribution >= 4 is 23.9 Å². The molecule has 10 heteroatoms. The topological polar surface area (TPSA) is 106 Å². The molecule has 1 amide bonds. The summed E-state index contributed by atoms with van der Waals surface area (Å²) in [7, 11) is 1.53. The minimum atomic E-state index is -0.969. The van der Waals surface area contributed by atoms with Gasteiger partial charge >= 0.3 is 0 Å². The quantitative estimate of drug-likeness (QED) is 0.589. The molecular weight excluding hydrogens is 430 g/mol. The molecule has 0 unspecified atom stereocenters. The Kier molecular flexibility index (Phi) is 7.70. The maximum atomic E-state index is 13.6. The van der Waals surface area contributed by atoms with Crippen molar-refractivity contribution in [3.63, 3.8) is 0 Å². The van der Waals surface area contributed by atoms with Gasteiger partial charge in [-0.05, 0) is 44.9 Å². The van der Waals surface area contributed by atoms with Gasteiger partial charge in [0.25, 0.3) is 5.91 Å². The number of benzene rings is 1. The number of aryl methyl sites for hydroxylation is 1. The monoisotopic (exact) mass is 458 g/mol. The van der Waals surface area contributed by atoms with Crippen molar-refractivity contribution < 1.29 is 18.3 Å². The summed E-state index contributed by atoms with van der Waals surface area (Å²) >= 11 is 0. The highest BCUT2D eigenvalue weighted by Gasteiger charge is 2.32. The van der Waals surface area contributed by atoms with Crippen LogP contribution in [-0.4, -0.2) is 52.8 Å². The summed E-state index contributed by atoms with van der Waals surface area (Å²) < 4.78 is 32.2. The average molecular weight is 459 g/mol. The SMILES string of the molecule is COC[C@H]1CC(C=Nc2nc(NC(C)C)ncc2C)=C(N)C(=O)N1Cc1ccc(F)c(F)c1. The molecule has 1 aromatic heterocycles. The number of rotatable bonds is 8. The lowest BCUT2D eigenvalue weighted by atomic mass is 9.97. The molecule has 0 aliphatic carbocycles. The Morgan fingerprint density at radius 1 is 1.36 bits per heavy atom. The predicted molar refractivity (Wildman–Crippen MR) is 122 cm³/mol. The van der Waals surface area contributed by atoms with Gasteiger partial charge in [0.15, 0.2) is 17.5 Å². The highest BCUT2D eigenvalue weighted by Crippen LogP contribution is 2.25. The second-order valence-corrected chi connectivity index (χ2v) is 8.19. The van der Waals surface area contributed by atoms with E-state index in [2.05, 4.69) is 20.3 Å². The Labute approximate surface area is 191 Å². The van der Waals surface area contributed by atoms with Gasteiger partial charge in [-0.15, -0.1) is 0 Å². The van der Waals surface area contributed by atoms with Crippen molar-refractivity contribution in [2.45, 2.75) is 45.8 Å². The van der Waals surface area contributed by atoms with Crippen LogP contribution in [0.1, 0.15) is 31.4 Å². The number of aromatic nitrogens is 2. The van der Waals surface area contributed by atoms with Crippen molar-refractivity contribution in [2.24, 2.45) is 10.7 Å². The van der Waals surface area contributed by atoms with Gasteiger partial charge in [0.1, 0.15) is 5.70 Å². The van der Waals surface area contributed by atoms with Crippen LogP contribution in [0.4, 0.5) is 20.5 Å². The van der Waals surface area contributed by atoms with Crippen LogP contribution in [0.2, 0.25) is 0 Å². The molecule has 1 aliphatic rings. The number of methoxy groups -OCH3 is 1. The normalized spacial score (nSPS) is 16.9. The summed E-state index contributed by atoms with van der Waals surface area (Å²) in [5.41, 5.74) is 7.98. The zero-order valence-corrected chi connectivity index (χ0v) is 19.1. The molecule has 1 aliphatic heterocycles. The first kappa shape index (κ1) is 24.2. The number of nitrogens with two attached hydrogens (primary N) is 1. The number of ether oxygens (including phenoxy) is 1. The van der Waals surface area contributed by atoms with Crippen LogP contribution in [0.15, 0.2) is 40.7 Å². The fourth-order valence-corrected chi connectivity index (χ4v) is 3.46. The fraction of sp³-hybridized carbons (Fsp3) is 0.391. The van der Waals surface area contributed by atoms with Gasteiger partial charge in [-0.25, -0.2) is 18.8 Å². The molecule has 2 heterocycles. The average Bonchev–Trinajstić information content (AvgIpc) is 2.76. The third-order valence-electron chi connectivity index (χ3n) is 5.13. The van der Waals surface area contributed by atoms with Crippen LogP contribution >= 0.6 is 0 Å². The number of hydrogen-bond donors (Lipinski definition) is 2. The highest BCUT2D eigenvalue weighted by molar-refractivity contribution is 6.01. The van der Waals surface area contributed by atoms with Crippen LogP contribution in [0.5, 0.6) is 0 Å². The Bertz CT molecular complexity index is 1090. The maximum Gasteiger partial charge on any atom is 0.270 e. The Balaban J connectivity index is 1.86. The van der Waals surface area contributed by atoms with Gasteiger partial charge in [0.2, 0.25) is 5.95 Å². The summed E-state index contributed by atoms with van der Waals surface area (Å²) in [6, 6.07) is 3.36. The summed E-state index contributed by atoms with van der Waals surface area (Å²) in [6.45, 7) is 6.12. The van der Waals surface area contributed by atoms with Gasteiger partial charge < -0.3 is 20.7 Å². The molecule has 1 atom stereocenters. The van der Waals surface area contributed by atoms with E-state index in [0.29, 0.717) is 29.3 Å². The summed E-state index contributed by atoms with van der Waals surface area (Å²) in [6.07, 6.45) is 3.60. The van der Waals surface area contributed by atoms with Gasteiger partial charge in [-0.3, -0.25) is 4.79 Å². The van der Waals surface area contributed by atoms with Gasteiger partial charge in [-0.1, -0.05) is 6.07 Å². The molecule has 3 rings (SSSR count). The predicted octanol–water partition coefficient (Wildman–Crippen LogP) is 3.25. The lowest BCUT2D eigenvalue weighted by Crippen LogP contribution is -2.48. The molecule has 0 fully saturated rings. The van der Waals surface area contributed by atoms with Crippen molar-refractivity contribution in [1.29, 1.82) is 0 Å². The largest absolute Gasteiger partial charge is 0.394 e. The first-order valence-corrected chi connectivity index (χ1v) is 10.6. The second-order valence-electron chi connectivity index (χ2n) is 8.19. The number of halogens is 2. The van der Waals surface area contributed by atoms with E-state index < -0.39 is 17.5 Å². The fourth-order valence-electron chi connectivity index (χ4n) is 3.46. The van der Waals surface area contributed by atoms with Gasteiger partial charge in [-0.2, -0.15) is 4.98 Å². The van der Waals surface area contributed by atoms with Gasteiger partial charge in [0.05, 0.1) is 12.6 Å². The van der Waals surface area contributed by atoms with E-state index in [0.717, 1.165) is 17.7 Å². The van der Waals surface area contributed by atoms with Crippen molar-refractivity contribution in [3.05, 3.63) is 58.4 Å². The zero-order valence-electron chi connectivity index (χ0n) is 19.1. The molecule has 2 aromatic rings. The molecule has 0 spiro atoms. The summed E-state index contributed by atoms with van der Waals surface area (Å²) in [5, 5.41) is 3.13. The van der Waals surface area contributed by atoms with E-state index >= 15 is 0 Å². The van der Waals surface area contributed by atoms with E-state index in [4.69, 9.17) is 10.5 Å². The summed E-state index contributed by atoms with van der Waals surface area (Å²) in [4.78, 5) is 27.7. The van der Waals surface area contributed by atoms with Crippen LogP contribution in [0.3, 0.4) is 0 Å². The number of carbonyl (C=O) groups excluding carboxylic acids is 1.